The van der Waals surface area contributed by atoms with E-state index >= 15 is 0 Å². The summed E-state index contributed by atoms with van der Waals surface area (Å²) in [6.45, 7) is 0. The van der Waals surface area contributed by atoms with E-state index in [1.165, 1.54) is 0 Å². The molecule has 0 aliphatic rings. The minimum Gasteiger partial charge on any atom is -0.0676 e. The molecular weight excluding hydrogens is 156 g/mol. The Morgan fingerprint density at radius 2 is 0.889 bits per heavy atom. The maximum absolute atomic E-state index is 3.40. The summed E-state index contributed by atoms with van der Waals surface area (Å²) in [5.41, 5.74) is 0. The van der Waals surface area contributed by atoms with Crippen LogP contribution in [0, 0.1) is 0 Å². The SMILES string of the molecule is [Si]c1cc([Si])cc([Si])c1. The van der Waals surface area contributed by atoms with E-state index in [2.05, 4.69) is 30.7 Å². The van der Waals surface area contributed by atoms with Crippen molar-refractivity contribution in [3.8, 4) is 0 Å². The summed E-state index contributed by atoms with van der Waals surface area (Å²) in [6.07, 6.45) is 0. The Labute approximate surface area is 64.9 Å². The second-order valence-electron chi connectivity index (χ2n) is 1.80. The Balaban J connectivity index is 3.17. The monoisotopic (exact) mass is 159 g/mol. The van der Waals surface area contributed by atoms with E-state index in [0.717, 1.165) is 15.6 Å². The van der Waals surface area contributed by atoms with E-state index in [-0.39, 0.29) is 0 Å². The predicted octanol–water partition coefficient (Wildman–Crippen LogP) is -1.93. The van der Waals surface area contributed by atoms with E-state index in [4.69, 9.17) is 0 Å². The Morgan fingerprint density at radius 1 is 0.667 bits per heavy atom. The Hall–Kier alpha value is -0.129. The van der Waals surface area contributed by atoms with Crippen molar-refractivity contribution < 1.29 is 0 Å². The molecule has 0 spiro atoms. The van der Waals surface area contributed by atoms with Crippen molar-refractivity contribution in [3.05, 3.63) is 18.2 Å². The average Bonchev–Trinajstić information content (AvgIpc) is 1.59. The molecule has 9 radical (unpaired) electrons. The first-order valence-electron chi connectivity index (χ1n) is 2.48. The molecule has 0 aliphatic heterocycles. The summed E-state index contributed by atoms with van der Waals surface area (Å²) in [7, 11) is 10.2. The fourth-order valence-electron chi connectivity index (χ4n) is 0.628. The lowest BCUT2D eigenvalue weighted by Gasteiger charge is -1.96. The normalized spacial score (nSPS) is 9.67. The average molecular weight is 159 g/mol. The topological polar surface area (TPSA) is 0 Å². The minimum atomic E-state index is 1.06. The smallest absolute Gasteiger partial charge is 0.0676 e. The van der Waals surface area contributed by atoms with Gasteiger partial charge in [-0.15, -0.1) is 0 Å². The van der Waals surface area contributed by atoms with Crippen molar-refractivity contribution in [1.82, 2.24) is 0 Å². The largest absolute Gasteiger partial charge is 0.0711 e. The van der Waals surface area contributed by atoms with Crippen molar-refractivity contribution in [3.63, 3.8) is 0 Å². The molecule has 39 valence electrons. The van der Waals surface area contributed by atoms with E-state index in [1.807, 2.05) is 18.2 Å². The van der Waals surface area contributed by atoms with Gasteiger partial charge >= 0.3 is 0 Å². The van der Waals surface area contributed by atoms with Crippen LogP contribution in [0.3, 0.4) is 0 Å². The van der Waals surface area contributed by atoms with Crippen LogP contribution in [0.15, 0.2) is 18.2 Å². The molecule has 0 nitrogen and oxygen atoms in total. The molecule has 1 aromatic carbocycles. The summed E-state index contributed by atoms with van der Waals surface area (Å²) in [6, 6.07) is 5.95. The fraction of sp³-hybridized carbons (Fsp3) is 0. The highest BCUT2D eigenvalue weighted by Gasteiger charge is 1.87. The van der Waals surface area contributed by atoms with Gasteiger partial charge < -0.3 is 0 Å². The molecule has 9 heavy (non-hydrogen) atoms. The van der Waals surface area contributed by atoms with Gasteiger partial charge in [0.15, 0.2) is 0 Å². The maximum Gasteiger partial charge on any atom is 0.0711 e. The molecule has 3 heteroatoms. The summed E-state index contributed by atoms with van der Waals surface area (Å²) >= 11 is 0. The van der Waals surface area contributed by atoms with Crippen LogP contribution in [-0.2, 0) is 0 Å². The lowest BCUT2D eigenvalue weighted by atomic mass is 10.4. The molecule has 1 rings (SSSR count). The zero-order valence-electron chi connectivity index (χ0n) is 4.73. The van der Waals surface area contributed by atoms with Crippen molar-refractivity contribution in [2.75, 3.05) is 0 Å². The van der Waals surface area contributed by atoms with E-state index in [9.17, 15) is 0 Å². The minimum absolute atomic E-state index is 1.06. The van der Waals surface area contributed by atoms with E-state index in [0.29, 0.717) is 0 Å². The van der Waals surface area contributed by atoms with Crippen LogP contribution < -0.4 is 15.6 Å². The van der Waals surface area contributed by atoms with Crippen molar-refractivity contribution >= 4 is 46.3 Å². The quantitative estimate of drug-likeness (QED) is 0.387. The Bertz CT molecular complexity index is 169. The summed E-state index contributed by atoms with van der Waals surface area (Å²) in [5, 5.41) is 3.19. The number of benzene rings is 1. The van der Waals surface area contributed by atoms with Gasteiger partial charge in [0.05, 0.1) is 30.7 Å². The van der Waals surface area contributed by atoms with Gasteiger partial charge in [0.1, 0.15) is 0 Å². The van der Waals surface area contributed by atoms with Crippen LogP contribution in [0.4, 0.5) is 0 Å². The highest BCUT2D eigenvalue weighted by atomic mass is 28.2. The molecule has 0 aromatic heterocycles. The zero-order chi connectivity index (χ0) is 6.85. The van der Waals surface area contributed by atoms with Gasteiger partial charge in [-0.3, -0.25) is 0 Å². The van der Waals surface area contributed by atoms with Crippen LogP contribution in [0.25, 0.3) is 0 Å². The lowest BCUT2D eigenvalue weighted by Crippen LogP contribution is -2.21. The molecule has 0 aliphatic carbocycles. The van der Waals surface area contributed by atoms with Gasteiger partial charge in [0, 0.05) is 0 Å². The van der Waals surface area contributed by atoms with Crippen LogP contribution in [0.5, 0.6) is 0 Å². The molecule has 0 amide bonds. The molecule has 0 fully saturated rings. The summed E-state index contributed by atoms with van der Waals surface area (Å²) in [4.78, 5) is 0. The molecule has 0 saturated heterocycles. The highest BCUT2D eigenvalue weighted by molar-refractivity contribution is 6.42. The third-order valence-corrected chi connectivity index (χ3v) is 1.80. The summed E-state index contributed by atoms with van der Waals surface area (Å²) < 4.78 is 0. The van der Waals surface area contributed by atoms with E-state index in [1.54, 1.807) is 0 Å². The van der Waals surface area contributed by atoms with Gasteiger partial charge in [-0.2, -0.15) is 0 Å². The lowest BCUT2D eigenvalue weighted by molar-refractivity contribution is 1.92. The Morgan fingerprint density at radius 3 is 1.11 bits per heavy atom. The van der Waals surface area contributed by atoms with Crippen molar-refractivity contribution in [2.45, 2.75) is 0 Å². The number of rotatable bonds is 0. The zero-order valence-corrected chi connectivity index (χ0v) is 7.73. The highest BCUT2D eigenvalue weighted by Crippen LogP contribution is 1.69. The molecule has 0 bridgehead atoms. The first-order chi connectivity index (χ1) is 4.18. The van der Waals surface area contributed by atoms with Crippen LogP contribution in [0.2, 0.25) is 0 Å². The van der Waals surface area contributed by atoms with Crippen molar-refractivity contribution in [1.29, 1.82) is 0 Å². The molecule has 0 saturated carbocycles. The molecule has 0 heterocycles. The van der Waals surface area contributed by atoms with Gasteiger partial charge in [0.2, 0.25) is 0 Å². The van der Waals surface area contributed by atoms with Crippen LogP contribution in [-0.4, -0.2) is 30.7 Å². The van der Waals surface area contributed by atoms with Gasteiger partial charge in [-0.1, -0.05) is 33.8 Å². The van der Waals surface area contributed by atoms with E-state index < -0.39 is 0 Å². The van der Waals surface area contributed by atoms with Crippen molar-refractivity contribution in [2.24, 2.45) is 0 Å². The molecular formula is C6H3Si3. The third-order valence-electron chi connectivity index (χ3n) is 0.933. The Kier molecular flexibility index (Phi) is 2.05. The maximum atomic E-state index is 3.40. The fourth-order valence-corrected chi connectivity index (χ4v) is 1.99. The number of hydrogen-bond acceptors (Lipinski definition) is 0. The summed E-state index contributed by atoms with van der Waals surface area (Å²) in [5.74, 6) is 0. The third kappa shape index (κ3) is 1.93. The molecule has 0 atom stereocenters. The van der Waals surface area contributed by atoms with Crippen LogP contribution in [0.1, 0.15) is 0 Å². The molecule has 1 aromatic rings. The standard InChI is InChI=1S/C6H3Si3/c7-4-1-5(8)3-6(9)2-4/h1-3H. The van der Waals surface area contributed by atoms with Crippen LogP contribution >= 0.6 is 0 Å². The van der Waals surface area contributed by atoms with Gasteiger partial charge in [0.25, 0.3) is 0 Å². The molecule has 0 unspecified atom stereocenters. The second-order valence-corrected chi connectivity index (χ2v) is 3.53. The first-order valence-corrected chi connectivity index (χ1v) is 3.98. The second kappa shape index (κ2) is 2.64. The number of hydrogen-bond donors (Lipinski definition) is 0. The van der Waals surface area contributed by atoms with Gasteiger partial charge in [-0.05, 0) is 0 Å². The van der Waals surface area contributed by atoms with Gasteiger partial charge in [-0.25, -0.2) is 0 Å². The molecule has 0 N–H and O–H groups in total. The first kappa shape index (κ1) is 6.98. The predicted molar refractivity (Wildman–Crippen MR) is 42.6 cm³/mol.